The molecule has 3 heterocycles. The molecule has 0 spiro atoms. The summed E-state index contributed by atoms with van der Waals surface area (Å²) in [6, 6.07) is 0. The maximum atomic E-state index is 11.8. The first-order valence-electron chi connectivity index (χ1n) is 9.46. The highest BCUT2D eigenvalue weighted by molar-refractivity contribution is 7.99. The highest BCUT2D eigenvalue weighted by Crippen LogP contribution is 2.29. The lowest BCUT2D eigenvalue weighted by Gasteiger charge is -2.28. The van der Waals surface area contributed by atoms with Crippen molar-refractivity contribution in [3.8, 4) is 0 Å². The van der Waals surface area contributed by atoms with Crippen LogP contribution >= 0.6 is 11.8 Å². The Bertz CT molecular complexity index is 785. The maximum absolute atomic E-state index is 11.8. The highest BCUT2D eigenvalue weighted by atomic mass is 32.2. The normalized spacial score (nSPS) is 15.1. The molecule has 1 aliphatic heterocycles. The number of hydrogen-bond acceptors (Lipinski definition) is 7. The summed E-state index contributed by atoms with van der Waals surface area (Å²) in [5.74, 6) is 0.943. The fraction of sp³-hybridized carbons (Fsp3) is 0.667. The van der Waals surface area contributed by atoms with Crippen molar-refractivity contribution in [3.05, 3.63) is 6.20 Å². The second kappa shape index (κ2) is 8.88. The fourth-order valence-corrected chi connectivity index (χ4v) is 3.55. The summed E-state index contributed by atoms with van der Waals surface area (Å²) >= 11 is 1.65. The van der Waals surface area contributed by atoms with Gasteiger partial charge in [-0.25, -0.2) is 14.6 Å². The molecule has 27 heavy (non-hydrogen) atoms. The van der Waals surface area contributed by atoms with Gasteiger partial charge in [0.05, 0.1) is 31.3 Å². The Morgan fingerprint density at radius 2 is 2.00 bits per heavy atom. The van der Waals surface area contributed by atoms with E-state index < -0.39 is 0 Å². The predicted molar refractivity (Wildman–Crippen MR) is 107 cm³/mol. The molecule has 0 radical (unpaired) electrons. The largest absolute Gasteiger partial charge is 0.378 e. The van der Waals surface area contributed by atoms with Crippen molar-refractivity contribution in [1.82, 2.24) is 25.1 Å². The Morgan fingerprint density at radius 1 is 1.26 bits per heavy atom. The Hall–Kier alpha value is -1.87. The van der Waals surface area contributed by atoms with Crippen LogP contribution < -0.4 is 10.2 Å². The molecule has 0 bridgehead atoms. The van der Waals surface area contributed by atoms with Crippen LogP contribution in [0.4, 0.5) is 5.82 Å². The van der Waals surface area contributed by atoms with Crippen LogP contribution in [-0.2, 0) is 16.1 Å². The molecule has 0 aliphatic carbocycles. The Morgan fingerprint density at radius 3 is 2.67 bits per heavy atom. The molecule has 1 N–H and O–H groups in total. The van der Waals surface area contributed by atoms with E-state index in [1.54, 1.807) is 11.8 Å². The zero-order chi connectivity index (χ0) is 19.4. The Kier molecular flexibility index (Phi) is 6.54. The van der Waals surface area contributed by atoms with E-state index in [2.05, 4.69) is 29.2 Å². The molecule has 1 saturated heterocycles. The SMILES string of the molecule is CC(C)Sc1nc(N2CCOCC2)c2cnn(CCNC(=O)C(C)C)c2n1. The molecule has 0 aromatic carbocycles. The van der Waals surface area contributed by atoms with E-state index in [9.17, 15) is 4.79 Å². The van der Waals surface area contributed by atoms with Crippen LogP contribution in [0.25, 0.3) is 11.0 Å². The number of hydrogen-bond donors (Lipinski definition) is 1. The molecule has 8 nitrogen and oxygen atoms in total. The highest BCUT2D eigenvalue weighted by Gasteiger charge is 2.20. The lowest BCUT2D eigenvalue weighted by atomic mass is 10.2. The number of rotatable bonds is 7. The van der Waals surface area contributed by atoms with Crippen molar-refractivity contribution >= 4 is 34.5 Å². The van der Waals surface area contributed by atoms with Crippen molar-refractivity contribution in [1.29, 1.82) is 0 Å². The number of carbonyl (C=O) groups excluding carboxylic acids is 1. The minimum atomic E-state index is -0.0244. The molecular weight excluding hydrogens is 364 g/mol. The quantitative estimate of drug-likeness (QED) is 0.569. The summed E-state index contributed by atoms with van der Waals surface area (Å²) < 4.78 is 7.33. The summed E-state index contributed by atoms with van der Waals surface area (Å²) in [5, 5.41) is 9.53. The molecule has 0 atom stereocenters. The lowest BCUT2D eigenvalue weighted by molar-refractivity contribution is -0.124. The van der Waals surface area contributed by atoms with Gasteiger partial charge in [-0.2, -0.15) is 5.10 Å². The summed E-state index contributed by atoms with van der Waals surface area (Å²) in [7, 11) is 0. The maximum Gasteiger partial charge on any atom is 0.222 e. The van der Waals surface area contributed by atoms with Gasteiger partial charge in [0.1, 0.15) is 5.82 Å². The van der Waals surface area contributed by atoms with E-state index in [4.69, 9.17) is 14.7 Å². The van der Waals surface area contributed by atoms with Gasteiger partial charge in [0.2, 0.25) is 5.91 Å². The van der Waals surface area contributed by atoms with Crippen molar-refractivity contribution in [2.75, 3.05) is 37.7 Å². The number of amides is 1. The molecule has 1 fully saturated rings. The smallest absolute Gasteiger partial charge is 0.222 e. The monoisotopic (exact) mass is 392 g/mol. The van der Waals surface area contributed by atoms with E-state index in [-0.39, 0.29) is 11.8 Å². The third-order valence-corrected chi connectivity index (χ3v) is 5.12. The zero-order valence-electron chi connectivity index (χ0n) is 16.4. The van der Waals surface area contributed by atoms with Crippen LogP contribution in [0, 0.1) is 5.92 Å². The van der Waals surface area contributed by atoms with Crippen LogP contribution in [0.15, 0.2) is 11.4 Å². The third-order valence-electron chi connectivity index (χ3n) is 4.25. The lowest BCUT2D eigenvalue weighted by Crippen LogP contribution is -2.37. The third kappa shape index (κ3) is 4.90. The van der Waals surface area contributed by atoms with Gasteiger partial charge >= 0.3 is 0 Å². The molecule has 2 aromatic rings. The van der Waals surface area contributed by atoms with Crippen molar-refractivity contribution in [3.63, 3.8) is 0 Å². The summed E-state index contributed by atoms with van der Waals surface area (Å²) in [4.78, 5) is 23.6. The number of nitrogens with zero attached hydrogens (tertiary/aromatic N) is 5. The molecule has 148 valence electrons. The number of ether oxygens (including phenoxy) is 1. The van der Waals surface area contributed by atoms with Gasteiger partial charge in [-0.1, -0.05) is 39.5 Å². The number of aromatic nitrogens is 4. The van der Waals surface area contributed by atoms with Gasteiger partial charge in [-0.3, -0.25) is 4.79 Å². The summed E-state index contributed by atoms with van der Waals surface area (Å²) in [6.07, 6.45) is 1.83. The molecule has 3 rings (SSSR count). The fourth-order valence-electron chi connectivity index (χ4n) is 2.85. The van der Waals surface area contributed by atoms with Gasteiger partial charge in [0.15, 0.2) is 10.8 Å². The van der Waals surface area contributed by atoms with Gasteiger partial charge in [0.25, 0.3) is 0 Å². The number of carbonyl (C=O) groups is 1. The number of anilines is 1. The number of thioether (sulfide) groups is 1. The zero-order valence-corrected chi connectivity index (χ0v) is 17.3. The molecule has 2 aromatic heterocycles. The standard InChI is InChI=1S/C18H28N6O2S/c1-12(2)17(25)19-5-6-24-16-14(11-20-24)15(23-7-9-26-10-8-23)21-18(22-16)27-13(3)4/h11-13H,5-10H2,1-4H3,(H,19,25). The van der Waals surface area contributed by atoms with Crippen LogP contribution in [0.3, 0.4) is 0 Å². The van der Waals surface area contributed by atoms with Crippen LogP contribution in [0.1, 0.15) is 27.7 Å². The average Bonchev–Trinajstić information content (AvgIpc) is 3.04. The van der Waals surface area contributed by atoms with Crippen molar-refractivity contribution in [2.24, 2.45) is 5.92 Å². The van der Waals surface area contributed by atoms with E-state index >= 15 is 0 Å². The molecule has 1 amide bonds. The second-order valence-corrected chi connectivity index (χ2v) is 8.69. The Labute approximate surface area is 164 Å². The number of morpholine rings is 1. The van der Waals surface area contributed by atoms with Crippen molar-refractivity contribution in [2.45, 2.75) is 44.6 Å². The minimum absolute atomic E-state index is 0.0244. The summed E-state index contributed by atoms with van der Waals surface area (Å²) in [5.41, 5.74) is 0.813. The number of nitrogens with one attached hydrogen (secondary N) is 1. The average molecular weight is 393 g/mol. The minimum Gasteiger partial charge on any atom is -0.378 e. The molecule has 9 heteroatoms. The first-order chi connectivity index (χ1) is 13.0. The van der Waals surface area contributed by atoms with Gasteiger partial charge in [0, 0.05) is 30.8 Å². The van der Waals surface area contributed by atoms with Gasteiger partial charge < -0.3 is 15.0 Å². The predicted octanol–water partition coefficient (Wildman–Crippen LogP) is 1.94. The van der Waals surface area contributed by atoms with Crippen LogP contribution in [-0.4, -0.2) is 63.8 Å². The molecule has 0 unspecified atom stereocenters. The van der Waals surface area contributed by atoms with Gasteiger partial charge in [-0.15, -0.1) is 0 Å². The first-order valence-corrected chi connectivity index (χ1v) is 10.3. The van der Waals surface area contributed by atoms with E-state index in [1.165, 1.54) is 0 Å². The van der Waals surface area contributed by atoms with Gasteiger partial charge in [-0.05, 0) is 0 Å². The second-order valence-electron chi connectivity index (χ2n) is 7.15. The van der Waals surface area contributed by atoms with E-state index in [1.807, 2.05) is 24.7 Å². The molecular formula is C18H28N6O2S. The van der Waals surface area contributed by atoms with Crippen LogP contribution in [0.2, 0.25) is 0 Å². The molecule has 0 saturated carbocycles. The first kappa shape index (κ1) is 19.9. The molecule has 1 aliphatic rings. The van der Waals surface area contributed by atoms with Crippen LogP contribution in [0.5, 0.6) is 0 Å². The topological polar surface area (TPSA) is 85.2 Å². The van der Waals surface area contributed by atoms with Crippen molar-refractivity contribution < 1.29 is 9.53 Å². The number of fused-ring (bicyclic) bond motifs is 1. The Balaban J connectivity index is 1.88. The van der Waals surface area contributed by atoms with E-state index in [0.29, 0.717) is 31.6 Å². The summed E-state index contributed by atoms with van der Waals surface area (Å²) in [6.45, 7) is 12.2. The van der Waals surface area contributed by atoms with E-state index in [0.717, 1.165) is 35.1 Å².